The number of nitrogens with two attached hydrogens (primary N) is 1. The summed E-state index contributed by atoms with van der Waals surface area (Å²) in [5, 5.41) is 5.70. The summed E-state index contributed by atoms with van der Waals surface area (Å²) in [5.41, 5.74) is 7.89. The average molecular weight is 284 g/mol. The highest BCUT2D eigenvalue weighted by Crippen LogP contribution is 2.33. The molecule has 0 bridgehead atoms. The molecule has 3 nitrogen and oxygen atoms in total. The Morgan fingerprint density at radius 2 is 1.89 bits per heavy atom. The van der Waals surface area contributed by atoms with Crippen LogP contribution in [0.5, 0.6) is 0 Å². The van der Waals surface area contributed by atoms with Crippen molar-refractivity contribution in [1.29, 1.82) is 0 Å². The van der Waals surface area contributed by atoms with Gasteiger partial charge in [-0.15, -0.1) is 0 Å². The molecule has 0 atom stereocenters. The van der Waals surface area contributed by atoms with Gasteiger partial charge in [-0.25, -0.2) is 0 Å². The number of hydrogen-bond donors (Lipinski definition) is 1. The zero-order valence-electron chi connectivity index (χ0n) is 10.5. The molecule has 0 aliphatic carbocycles. The monoisotopic (exact) mass is 283 g/mol. The second-order valence-corrected chi connectivity index (χ2v) is 6.02. The zero-order valence-corrected chi connectivity index (χ0v) is 12.0. The number of nitrogens with zero attached hydrogens (tertiary/aromatic N) is 2. The molecule has 0 amide bonds. The molecule has 0 aliphatic rings. The highest BCUT2D eigenvalue weighted by atomic mass is 35.5. The predicted octanol–water partition coefficient (Wildman–Crippen LogP) is 4.19. The third-order valence-corrected chi connectivity index (χ3v) is 3.18. The molecule has 1 aromatic carbocycles. The van der Waals surface area contributed by atoms with Gasteiger partial charge in [0.25, 0.3) is 0 Å². The largest absolute Gasteiger partial charge is 0.396 e. The van der Waals surface area contributed by atoms with Crippen molar-refractivity contribution in [1.82, 2.24) is 9.78 Å². The Morgan fingerprint density at radius 1 is 1.22 bits per heavy atom. The summed E-state index contributed by atoms with van der Waals surface area (Å²) in [4.78, 5) is 0. The average Bonchev–Trinajstić information content (AvgIpc) is 2.64. The van der Waals surface area contributed by atoms with Crippen LogP contribution in [0.25, 0.3) is 11.3 Å². The predicted molar refractivity (Wildman–Crippen MR) is 77.1 cm³/mol. The Bertz CT molecular complexity index is 582. The summed E-state index contributed by atoms with van der Waals surface area (Å²) in [6.07, 6.45) is 1.81. The maximum absolute atomic E-state index is 6.16. The molecule has 0 saturated carbocycles. The smallest absolute Gasteiger partial charge is 0.117 e. The lowest BCUT2D eigenvalue weighted by Gasteiger charge is -2.18. The van der Waals surface area contributed by atoms with Crippen LogP contribution in [0.15, 0.2) is 24.4 Å². The molecule has 0 radical (unpaired) electrons. The lowest BCUT2D eigenvalue weighted by atomic mass is 10.1. The molecule has 0 fully saturated rings. The van der Waals surface area contributed by atoms with Gasteiger partial charge in [0.2, 0.25) is 0 Å². The van der Waals surface area contributed by atoms with Crippen molar-refractivity contribution in [2.45, 2.75) is 26.3 Å². The highest BCUT2D eigenvalue weighted by molar-refractivity contribution is 6.35. The fourth-order valence-corrected chi connectivity index (χ4v) is 2.00. The number of rotatable bonds is 1. The summed E-state index contributed by atoms with van der Waals surface area (Å²) in [6, 6.07) is 5.26. The second kappa shape index (κ2) is 4.48. The van der Waals surface area contributed by atoms with Gasteiger partial charge >= 0.3 is 0 Å². The van der Waals surface area contributed by atoms with Gasteiger partial charge in [0, 0.05) is 16.8 Å². The van der Waals surface area contributed by atoms with Crippen LogP contribution in [-0.4, -0.2) is 9.78 Å². The molecule has 0 aliphatic heterocycles. The molecule has 18 heavy (non-hydrogen) atoms. The SMILES string of the molecule is CC(C)(C)n1cc(N)c(-c2cc(Cl)ccc2Cl)n1. The normalized spacial score (nSPS) is 11.8. The van der Waals surface area contributed by atoms with Gasteiger partial charge in [-0.3, -0.25) is 4.68 Å². The van der Waals surface area contributed by atoms with Gasteiger partial charge in [-0.1, -0.05) is 23.2 Å². The third kappa shape index (κ3) is 2.47. The molecule has 2 rings (SSSR count). The van der Waals surface area contributed by atoms with E-state index >= 15 is 0 Å². The lowest BCUT2D eigenvalue weighted by molar-refractivity contribution is 0.356. The molecule has 0 unspecified atom stereocenters. The Balaban J connectivity index is 2.58. The lowest BCUT2D eigenvalue weighted by Crippen LogP contribution is -2.22. The van der Waals surface area contributed by atoms with Crippen molar-refractivity contribution in [3.63, 3.8) is 0 Å². The van der Waals surface area contributed by atoms with E-state index in [4.69, 9.17) is 28.9 Å². The molecule has 0 saturated heterocycles. The van der Waals surface area contributed by atoms with Crippen LogP contribution in [0.3, 0.4) is 0 Å². The first-order valence-corrected chi connectivity index (χ1v) is 6.35. The maximum atomic E-state index is 6.16. The number of benzene rings is 1. The number of nitrogen functional groups attached to an aromatic ring is 1. The first-order valence-electron chi connectivity index (χ1n) is 5.60. The molecule has 2 N–H and O–H groups in total. The van der Waals surface area contributed by atoms with Gasteiger partial charge in [-0.05, 0) is 39.0 Å². The number of hydrogen-bond acceptors (Lipinski definition) is 2. The Hall–Kier alpha value is -1.19. The summed E-state index contributed by atoms with van der Waals surface area (Å²) in [5.74, 6) is 0. The van der Waals surface area contributed by atoms with Crippen LogP contribution in [0.4, 0.5) is 5.69 Å². The van der Waals surface area contributed by atoms with Crippen molar-refractivity contribution in [2.75, 3.05) is 5.73 Å². The first-order chi connectivity index (χ1) is 8.29. The summed E-state index contributed by atoms with van der Waals surface area (Å²) in [7, 11) is 0. The van der Waals surface area contributed by atoms with E-state index < -0.39 is 0 Å². The topological polar surface area (TPSA) is 43.8 Å². The Morgan fingerprint density at radius 3 is 2.44 bits per heavy atom. The third-order valence-electron chi connectivity index (χ3n) is 2.61. The van der Waals surface area contributed by atoms with Gasteiger partial charge in [0.15, 0.2) is 0 Å². The maximum Gasteiger partial charge on any atom is 0.117 e. The molecular weight excluding hydrogens is 269 g/mol. The van der Waals surface area contributed by atoms with Crippen molar-refractivity contribution in [3.8, 4) is 11.3 Å². The van der Waals surface area contributed by atoms with Crippen LogP contribution in [0, 0.1) is 0 Å². The molecule has 0 spiro atoms. The van der Waals surface area contributed by atoms with Gasteiger partial charge in [0.05, 0.1) is 16.2 Å². The molecule has 1 heterocycles. The van der Waals surface area contributed by atoms with Crippen molar-refractivity contribution in [2.24, 2.45) is 0 Å². The molecule has 5 heteroatoms. The molecular formula is C13H15Cl2N3. The van der Waals surface area contributed by atoms with E-state index in [1.54, 1.807) is 18.2 Å². The van der Waals surface area contributed by atoms with Crippen molar-refractivity contribution in [3.05, 3.63) is 34.4 Å². The van der Waals surface area contributed by atoms with Gasteiger partial charge in [0.1, 0.15) is 5.69 Å². The van der Waals surface area contributed by atoms with Gasteiger partial charge < -0.3 is 5.73 Å². The quantitative estimate of drug-likeness (QED) is 0.853. The number of anilines is 1. The molecule has 1 aromatic heterocycles. The Labute approximate surface area is 117 Å². The standard InChI is InChI=1S/C13H15Cl2N3/c1-13(2,3)18-7-11(16)12(17-18)9-6-8(14)4-5-10(9)15/h4-7H,16H2,1-3H3. The van der Waals surface area contributed by atoms with Gasteiger partial charge in [-0.2, -0.15) is 5.10 Å². The molecule has 96 valence electrons. The Kier molecular flexibility index (Phi) is 3.30. The van der Waals surface area contributed by atoms with E-state index in [0.717, 1.165) is 5.56 Å². The fraction of sp³-hybridized carbons (Fsp3) is 0.308. The number of halogens is 2. The summed E-state index contributed by atoms with van der Waals surface area (Å²) < 4.78 is 1.83. The van der Waals surface area contributed by atoms with Crippen LogP contribution in [0.2, 0.25) is 10.0 Å². The van der Waals surface area contributed by atoms with Crippen LogP contribution in [-0.2, 0) is 5.54 Å². The minimum atomic E-state index is -0.128. The van der Waals surface area contributed by atoms with E-state index in [-0.39, 0.29) is 5.54 Å². The van der Waals surface area contributed by atoms with Crippen LogP contribution >= 0.6 is 23.2 Å². The second-order valence-electron chi connectivity index (χ2n) is 5.17. The van der Waals surface area contributed by atoms with Crippen molar-refractivity contribution >= 4 is 28.9 Å². The summed E-state index contributed by atoms with van der Waals surface area (Å²) in [6.45, 7) is 6.17. The van der Waals surface area contributed by atoms with E-state index in [0.29, 0.717) is 21.4 Å². The van der Waals surface area contributed by atoms with E-state index in [1.807, 2.05) is 10.9 Å². The molecule has 2 aromatic rings. The number of aromatic nitrogens is 2. The van der Waals surface area contributed by atoms with E-state index in [2.05, 4.69) is 25.9 Å². The first kappa shape index (κ1) is 13.2. The van der Waals surface area contributed by atoms with Crippen LogP contribution < -0.4 is 5.73 Å². The van der Waals surface area contributed by atoms with Crippen LogP contribution in [0.1, 0.15) is 20.8 Å². The highest BCUT2D eigenvalue weighted by Gasteiger charge is 2.19. The van der Waals surface area contributed by atoms with E-state index in [9.17, 15) is 0 Å². The zero-order chi connectivity index (χ0) is 13.5. The van der Waals surface area contributed by atoms with Crippen molar-refractivity contribution < 1.29 is 0 Å². The fourth-order valence-electron chi connectivity index (χ4n) is 1.62. The minimum absolute atomic E-state index is 0.128. The minimum Gasteiger partial charge on any atom is -0.396 e. The van der Waals surface area contributed by atoms with E-state index in [1.165, 1.54) is 0 Å². The summed E-state index contributed by atoms with van der Waals surface area (Å²) >= 11 is 12.1.